The van der Waals surface area contributed by atoms with E-state index in [0.29, 0.717) is 0 Å². The number of aliphatic hydroxyl groups is 4. The van der Waals surface area contributed by atoms with Gasteiger partial charge in [0, 0.05) is 29.6 Å². The average molecular weight is 219 g/mol. The van der Waals surface area contributed by atoms with E-state index in [4.69, 9.17) is 14.9 Å². The molecule has 7 heteroatoms. The molecule has 5 nitrogen and oxygen atoms in total. The van der Waals surface area contributed by atoms with Crippen molar-refractivity contribution in [2.75, 3.05) is 6.61 Å². The van der Waals surface area contributed by atoms with Crippen LogP contribution in [0.25, 0.3) is 0 Å². The maximum absolute atomic E-state index is 9.20. The fourth-order valence-electron chi connectivity index (χ4n) is 1.08. The maximum atomic E-state index is 9.20. The Kier molecular flexibility index (Phi) is 6.41. The van der Waals surface area contributed by atoms with Crippen molar-refractivity contribution in [3.8, 4) is 0 Å². The standard InChI is InChI=1S/C6H12O5S.Na/c7-1-2-3(8)4(9)5(10)6(12)11-2;/h2-10,12H,1H2;/t2-,3-,4+,5-,6-;/m1./s1. The second-order valence-corrected chi connectivity index (χ2v) is 3.23. The van der Waals surface area contributed by atoms with Crippen molar-refractivity contribution in [3.63, 3.8) is 0 Å². The van der Waals surface area contributed by atoms with E-state index in [2.05, 4.69) is 12.6 Å². The van der Waals surface area contributed by atoms with E-state index in [1.165, 1.54) is 0 Å². The Hall–Kier alpha value is 1.15. The zero-order valence-electron chi connectivity index (χ0n) is 7.24. The zero-order valence-corrected chi connectivity index (χ0v) is 10.1. The van der Waals surface area contributed by atoms with Crippen LogP contribution in [0.2, 0.25) is 0 Å². The first kappa shape index (κ1) is 14.2. The minimum atomic E-state index is -1.32. The Bertz CT molecular complexity index is 155. The average Bonchev–Trinajstić information content (AvgIpc) is 2.08. The van der Waals surface area contributed by atoms with Crippen LogP contribution in [0.4, 0.5) is 0 Å². The van der Waals surface area contributed by atoms with Crippen molar-refractivity contribution < 1.29 is 25.2 Å². The maximum Gasteiger partial charge on any atom is 0.129 e. The normalized spacial score (nSPS) is 45.5. The van der Waals surface area contributed by atoms with Gasteiger partial charge in [-0.25, -0.2) is 0 Å². The van der Waals surface area contributed by atoms with Gasteiger partial charge in [-0.3, -0.25) is 0 Å². The van der Waals surface area contributed by atoms with Crippen LogP contribution in [0.5, 0.6) is 0 Å². The third-order valence-corrected chi connectivity index (χ3v) is 2.29. The summed E-state index contributed by atoms with van der Waals surface area (Å²) in [5, 5.41) is 36.2. The first-order valence-electron chi connectivity index (χ1n) is 3.56. The summed E-state index contributed by atoms with van der Waals surface area (Å²) >= 11 is 3.81. The predicted octanol–water partition coefficient (Wildman–Crippen LogP) is -2.66. The van der Waals surface area contributed by atoms with Crippen LogP contribution < -0.4 is 0 Å². The molecule has 0 amide bonds. The van der Waals surface area contributed by atoms with Crippen LogP contribution in [0.1, 0.15) is 0 Å². The van der Waals surface area contributed by atoms with Gasteiger partial charge in [0.1, 0.15) is 29.9 Å². The molecule has 0 aromatic carbocycles. The minimum Gasteiger partial charge on any atom is -0.394 e. The number of aliphatic hydroxyl groups excluding tert-OH is 4. The molecule has 1 radical (unpaired) electrons. The molecule has 0 spiro atoms. The number of hydrogen-bond acceptors (Lipinski definition) is 6. The van der Waals surface area contributed by atoms with E-state index in [0.717, 1.165) is 0 Å². The first-order chi connectivity index (χ1) is 5.57. The van der Waals surface area contributed by atoms with Crippen LogP contribution in [0, 0.1) is 0 Å². The van der Waals surface area contributed by atoms with Gasteiger partial charge in [0.25, 0.3) is 0 Å². The molecule has 5 atom stereocenters. The fourth-order valence-corrected chi connectivity index (χ4v) is 1.41. The van der Waals surface area contributed by atoms with Gasteiger partial charge in [-0.2, -0.15) is 0 Å². The van der Waals surface area contributed by atoms with Gasteiger partial charge in [0.05, 0.1) is 6.61 Å². The van der Waals surface area contributed by atoms with Gasteiger partial charge < -0.3 is 25.2 Å². The van der Waals surface area contributed by atoms with E-state index in [1.807, 2.05) is 0 Å². The number of rotatable bonds is 1. The molecular weight excluding hydrogens is 207 g/mol. The van der Waals surface area contributed by atoms with E-state index in [9.17, 15) is 10.2 Å². The largest absolute Gasteiger partial charge is 0.394 e. The molecule has 1 fully saturated rings. The van der Waals surface area contributed by atoms with Crippen LogP contribution in [0.15, 0.2) is 0 Å². The fraction of sp³-hybridized carbons (Fsp3) is 1.00. The Morgan fingerprint density at radius 2 is 1.62 bits per heavy atom. The molecule has 4 N–H and O–H groups in total. The molecule has 0 aromatic rings. The topological polar surface area (TPSA) is 90.2 Å². The van der Waals surface area contributed by atoms with Gasteiger partial charge in [-0.1, -0.05) is 0 Å². The van der Waals surface area contributed by atoms with Crippen LogP contribution in [-0.4, -0.2) is 86.4 Å². The summed E-state index contributed by atoms with van der Waals surface area (Å²) in [5.74, 6) is 0. The molecule has 13 heavy (non-hydrogen) atoms. The first-order valence-corrected chi connectivity index (χ1v) is 4.08. The van der Waals surface area contributed by atoms with E-state index in [1.54, 1.807) is 0 Å². The third kappa shape index (κ3) is 3.05. The van der Waals surface area contributed by atoms with E-state index < -0.39 is 36.5 Å². The van der Waals surface area contributed by atoms with Gasteiger partial charge in [0.15, 0.2) is 0 Å². The molecular formula is C6H12NaO5S. The Morgan fingerprint density at radius 1 is 1.08 bits per heavy atom. The molecule has 1 aliphatic heterocycles. The Morgan fingerprint density at radius 3 is 2.08 bits per heavy atom. The Balaban J connectivity index is 0.00000144. The Labute approximate surface area is 103 Å². The number of hydrogen-bond donors (Lipinski definition) is 5. The molecule has 1 rings (SSSR count). The van der Waals surface area contributed by atoms with Crippen molar-refractivity contribution in [2.45, 2.75) is 29.9 Å². The van der Waals surface area contributed by atoms with Crippen molar-refractivity contribution >= 4 is 42.2 Å². The molecule has 0 bridgehead atoms. The second kappa shape index (κ2) is 5.89. The molecule has 1 saturated heterocycles. The van der Waals surface area contributed by atoms with Crippen LogP contribution in [-0.2, 0) is 4.74 Å². The summed E-state index contributed by atoms with van der Waals surface area (Å²) in [6, 6.07) is 0. The van der Waals surface area contributed by atoms with Crippen LogP contribution in [0.3, 0.4) is 0 Å². The quantitative estimate of drug-likeness (QED) is 0.245. The number of ether oxygens (including phenoxy) is 1. The minimum absolute atomic E-state index is 0. The molecule has 1 heterocycles. The van der Waals surface area contributed by atoms with Gasteiger partial charge in [-0.05, 0) is 0 Å². The van der Waals surface area contributed by atoms with E-state index >= 15 is 0 Å². The molecule has 0 saturated carbocycles. The molecule has 0 aromatic heterocycles. The molecule has 73 valence electrons. The molecule has 0 unspecified atom stereocenters. The summed E-state index contributed by atoms with van der Waals surface area (Å²) in [7, 11) is 0. The summed E-state index contributed by atoms with van der Waals surface area (Å²) < 4.78 is 4.88. The third-order valence-electron chi connectivity index (χ3n) is 1.87. The summed E-state index contributed by atoms with van der Waals surface area (Å²) in [4.78, 5) is 0. The van der Waals surface area contributed by atoms with Gasteiger partial charge in [0.2, 0.25) is 0 Å². The summed E-state index contributed by atoms with van der Waals surface area (Å²) in [5.41, 5.74) is -0.874. The SMILES string of the molecule is OC[C@H]1O[C@H](S)[C@H](O)[C@@H](O)[C@@H]1O.[Na]. The zero-order chi connectivity index (χ0) is 9.30. The van der Waals surface area contributed by atoms with Crippen molar-refractivity contribution in [1.29, 1.82) is 0 Å². The van der Waals surface area contributed by atoms with Gasteiger partial charge in [-0.15, -0.1) is 12.6 Å². The van der Waals surface area contributed by atoms with Gasteiger partial charge >= 0.3 is 0 Å². The second-order valence-electron chi connectivity index (χ2n) is 2.72. The summed E-state index contributed by atoms with van der Waals surface area (Å²) in [6.45, 7) is -0.415. The van der Waals surface area contributed by atoms with Crippen LogP contribution >= 0.6 is 12.6 Å². The van der Waals surface area contributed by atoms with E-state index in [-0.39, 0.29) is 29.6 Å². The number of thiol groups is 1. The van der Waals surface area contributed by atoms with Crippen molar-refractivity contribution in [2.24, 2.45) is 0 Å². The molecule has 0 aliphatic carbocycles. The van der Waals surface area contributed by atoms with Crippen molar-refractivity contribution in [3.05, 3.63) is 0 Å². The van der Waals surface area contributed by atoms with Crippen molar-refractivity contribution in [1.82, 2.24) is 0 Å². The molecule has 1 aliphatic rings. The summed E-state index contributed by atoms with van der Waals surface area (Å²) in [6.07, 6.45) is -4.70. The predicted molar refractivity (Wildman–Crippen MR) is 48.5 cm³/mol. The monoisotopic (exact) mass is 219 g/mol. The smallest absolute Gasteiger partial charge is 0.129 e.